The molecule has 1 atom stereocenters. The third-order valence-corrected chi connectivity index (χ3v) is 5.15. The topological polar surface area (TPSA) is 32.8 Å². The standard InChI is InChI=1S/C22H27ClN2O2/c1-24(2)20-11-7-18(8-12-20)15-25(16-21-4-3-13-27-21)22(26)14-17-5-9-19(23)10-6-17/h5-12,21H,3-4,13-16H2,1-2H3. The van der Waals surface area contributed by atoms with Gasteiger partial charge in [-0.15, -0.1) is 0 Å². The molecule has 0 aromatic heterocycles. The highest BCUT2D eigenvalue weighted by Crippen LogP contribution is 2.19. The Morgan fingerprint density at radius 3 is 2.33 bits per heavy atom. The van der Waals surface area contributed by atoms with E-state index in [-0.39, 0.29) is 12.0 Å². The average molecular weight is 387 g/mol. The monoisotopic (exact) mass is 386 g/mol. The Hall–Kier alpha value is -2.04. The SMILES string of the molecule is CN(C)c1ccc(CN(CC2CCCO2)C(=O)Cc2ccc(Cl)cc2)cc1. The lowest BCUT2D eigenvalue weighted by Gasteiger charge is -2.26. The molecule has 0 aliphatic carbocycles. The van der Waals surface area contributed by atoms with Gasteiger partial charge in [0.2, 0.25) is 5.91 Å². The zero-order chi connectivity index (χ0) is 19.2. The number of carbonyl (C=O) groups is 1. The minimum absolute atomic E-state index is 0.115. The number of nitrogens with zero attached hydrogens (tertiary/aromatic N) is 2. The smallest absolute Gasteiger partial charge is 0.227 e. The number of anilines is 1. The molecule has 2 aromatic carbocycles. The first kappa shape index (κ1) is 19.7. The number of halogens is 1. The summed E-state index contributed by atoms with van der Waals surface area (Å²) in [4.78, 5) is 17.0. The molecule has 0 spiro atoms. The van der Waals surface area contributed by atoms with E-state index in [0.717, 1.165) is 36.3 Å². The van der Waals surface area contributed by atoms with Gasteiger partial charge in [0.15, 0.2) is 0 Å². The third-order valence-electron chi connectivity index (χ3n) is 4.90. The Morgan fingerprint density at radius 1 is 1.07 bits per heavy atom. The summed E-state index contributed by atoms with van der Waals surface area (Å²) in [5.74, 6) is 0.115. The summed E-state index contributed by atoms with van der Waals surface area (Å²) in [5, 5.41) is 0.684. The quantitative estimate of drug-likeness (QED) is 0.716. The summed E-state index contributed by atoms with van der Waals surface area (Å²) in [6.07, 6.45) is 2.60. The summed E-state index contributed by atoms with van der Waals surface area (Å²) < 4.78 is 5.77. The van der Waals surface area contributed by atoms with Crippen LogP contribution in [0.3, 0.4) is 0 Å². The molecular formula is C22H27ClN2O2. The van der Waals surface area contributed by atoms with Crippen LogP contribution in [0.25, 0.3) is 0 Å². The maximum atomic E-state index is 13.0. The molecule has 27 heavy (non-hydrogen) atoms. The van der Waals surface area contributed by atoms with Crippen LogP contribution in [0.4, 0.5) is 5.69 Å². The van der Waals surface area contributed by atoms with Gasteiger partial charge in [-0.3, -0.25) is 4.79 Å². The van der Waals surface area contributed by atoms with Gasteiger partial charge in [-0.05, 0) is 48.2 Å². The Labute approximate surface area is 166 Å². The number of benzene rings is 2. The summed E-state index contributed by atoms with van der Waals surface area (Å²) in [6.45, 7) is 2.03. The van der Waals surface area contributed by atoms with Gasteiger partial charge in [0.25, 0.3) is 0 Å². The fourth-order valence-corrected chi connectivity index (χ4v) is 3.42. The highest BCUT2D eigenvalue weighted by atomic mass is 35.5. The van der Waals surface area contributed by atoms with E-state index < -0.39 is 0 Å². The van der Waals surface area contributed by atoms with Crippen LogP contribution < -0.4 is 4.90 Å². The van der Waals surface area contributed by atoms with E-state index in [9.17, 15) is 4.79 Å². The van der Waals surface area contributed by atoms with Crippen molar-refractivity contribution in [2.75, 3.05) is 32.1 Å². The predicted molar refractivity (Wildman–Crippen MR) is 110 cm³/mol. The highest BCUT2D eigenvalue weighted by Gasteiger charge is 2.23. The van der Waals surface area contributed by atoms with E-state index >= 15 is 0 Å². The second-order valence-electron chi connectivity index (χ2n) is 7.27. The highest BCUT2D eigenvalue weighted by molar-refractivity contribution is 6.30. The van der Waals surface area contributed by atoms with E-state index in [0.29, 0.717) is 24.5 Å². The molecule has 1 unspecified atom stereocenters. The van der Waals surface area contributed by atoms with Crippen molar-refractivity contribution in [2.24, 2.45) is 0 Å². The van der Waals surface area contributed by atoms with Crippen LogP contribution in [-0.4, -0.2) is 44.2 Å². The van der Waals surface area contributed by atoms with Crippen molar-refractivity contribution in [1.82, 2.24) is 4.90 Å². The largest absolute Gasteiger partial charge is 0.378 e. The van der Waals surface area contributed by atoms with E-state index in [2.05, 4.69) is 29.2 Å². The maximum absolute atomic E-state index is 13.0. The Morgan fingerprint density at radius 2 is 1.74 bits per heavy atom. The molecule has 1 heterocycles. The van der Waals surface area contributed by atoms with Crippen molar-refractivity contribution in [1.29, 1.82) is 0 Å². The Kier molecular flexibility index (Phi) is 6.75. The van der Waals surface area contributed by atoms with Gasteiger partial charge in [-0.1, -0.05) is 35.9 Å². The molecule has 1 fully saturated rings. The van der Waals surface area contributed by atoms with Gasteiger partial charge in [0.05, 0.1) is 12.5 Å². The molecule has 5 heteroatoms. The fraction of sp³-hybridized carbons (Fsp3) is 0.409. The van der Waals surface area contributed by atoms with Crippen LogP contribution in [-0.2, 0) is 22.5 Å². The maximum Gasteiger partial charge on any atom is 0.227 e. The van der Waals surface area contributed by atoms with Gasteiger partial charge in [-0.2, -0.15) is 0 Å². The van der Waals surface area contributed by atoms with Crippen LogP contribution >= 0.6 is 11.6 Å². The van der Waals surface area contributed by atoms with Crippen LogP contribution in [0.5, 0.6) is 0 Å². The Balaban J connectivity index is 1.70. The first-order valence-electron chi connectivity index (χ1n) is 9.41. The number of hydrogen-bond acceptors (Lipinski definition) is 3. The first-order valence-corrected chi connectivity index (χ1v) is 9.79. The van der Waals surface area contributed by atoms with E-state index in [1.54, 1.807) is 0 Å². The minimum atomic E-state index is 0.115. The third kappa shape index (κ3) is 5.72. The normalized spacial score (nSPS) is 16.3. The molecule has 1 aliphatic rings. The lowest BCUT2D eigenvalue weighted by atomic mass is 10.1. The molecule has 1 aliphatic heterocycles. The zero-order valence-electron chi connectivity index (χ0n) is 16.0. The summed E-state index contributed by atoms with van der Waals surface area (Å²) >= 11 is 5.95. The van der Waals surface area contributed by atoms with Gasteiger partial charge < -0.3 is 14.5 Å². The summed E-state index contributed by atoms with van der Waals surface area (Å²) in [5.41, 5.74) is 3.25. The van der Waals surface area contributed by atoms with Crippen LogP contribution in [0.1, 0.15) is 24.0 Å². The number of ether oxygens (including phenoxy) is 1. The molecule has 0 saturated carbocycles. The molecule has 1 amide bonds. The zero-order valence-corrected chi connectivity index (χ0v) is 16.8. The van der Waals surface area contributed by atoms with E-state index in [1.165, 1.54) is 0 Å². The van der Waals surface area contributed by atoms with Crippen LogP contribution in [0, 0.1) is 0 Å². The number of amides is 1. The van der Waals surface area contributed by atoms with Crippen molar-refractivity contribution >= 4 is 23.2 Å². The van der Waals surface area contributed by atoms with Crippen molar-refractivity contribution in [2.45, 2.75) is 31.9 Å². The van der Waals surface area contributed by atoms with Crippen molar-refractivity contribution in [3.63, 3.8) is 0 Å². The number of carbonyl (C=O) groups excluding carboxylic acids is 1. The molecule has 144 valence electrons. The van der Waals surface area contributed by atoms with Crippen LogP contribution in [0.15, 0.2) is 48.5 Å². The molecule has 0 N–H and O–H groups in total. The molecule has 0 radical (unpaired) electrons. The lowest BCUT2D eigenvalue weighted by Crippen LogP contribution is -2.37. The predicted octanol–water partition coefficient (Wildman–Crippen LogP) is 4.16. The summed E-state index contributed by atoms with van der Waals surface area (Å²) in [7, 11) is 4.04. The molecule has 0 bridgehead atoms. The van der Waals surface area contributed by atoms with Gasteiger partial charge in [-0.25, -0.2) is 0 Å². The first-order chi connectivity index (χ1) is 13.0. The van der Waals surface area contributed by atoms with Gasteiger partial charge >= 0.3 is 0 Å². The van der Waals surface area contributed by atoms with Crippen molar-refractivity contribution in [3.8, 4) is 0 Å². The average Bonchev–Trinajstić information content (AvgIpc) is 3.16. The second kappa shape index (κ2) is 9.25. The molecular weight excluding hydrogens is 360 g/mol. The molecule has 2 aromatic rings. The molecule has 3 rings (SSSR count). The Bertz CT molecular complexity index is 738. The lowest BCUT2D eigenvalue weighted by molar-refractivity contribution is -0.132. The van der Waals surface area contributed by atoms with Crippen molar-refractivity contribution in [3.05, 3.63) is 64.7 Å². The number of hydrogen-bond donors (Lipinski definition) is 0. The number of rotatable bonds is 7. The van der Waals surface area contributed by atoms with E-state index in [4.69, 9.17) is 16.3 Å². The van der Waals surface area contributed by atoms with Crippen LogP contribution in [0.2, 0.25) is 5.02 Å². The van der Waals surface area contributed by atoms with Gasteiger partial charge in [0, 0.05) is 44.5 Å². The fourth-order valence-electron chi connectivity index (χ4n) is 3.30. The summed E-state index contributed by atoms with van der Waals surface area (Å²) in [6, 6.07) is 15.8. The van der Waals surface area contributed by atoms with E-state index in [1.807, 2.05) is 43.3 Å². The molecule has 1 saturated heterocycles. The van der Waals surface area contributed by atoms with Crippen molar-refractivity contribution < 1.29 is 9.53 Å². The second-order valence-corrected chi connectivity index (χ2v) is 7.71. The molecule has 4 nitrogen and oxygen atoms in total. The van der Waals surface area contributed by atoms with Gasteiger partial charge in [0.1, 0.15) is 0 Å². The minimum Gasteiger partial charge on any atom is -0.378 e.